The Morgan fingerprint density at radius 1 is 0.947 bits per heavy atom. The molecular formula is C16H19NO2. The number of hydrogen-bond acceptors (Lipinski definition) is 3. The minimum Gasteiger partial charge on any atom is -0.493 e. The maximum Gasteiger partial charge on any atom is 0.119 e. The van der Waals surface area contributed by atoms with E-state index in [1.807, 2.05) is 60.7 Å². The van der Waals surface area contributed by atoms with Crippen LogP contribution in [0.5, 0.6) is 5.75 Å². The lowest BCUT2D eigenvalue weighted by molar-refractivity contribution is 0.0233. The summed E-state index contributed by atoms with van der Waals surface area (Å²) in [7, 11) is 0. The molecule has 100 valence electrons. The van der Waals surface area contributed by atoms with E-state index in [9.17, 15) is 5.11 Å². The van der Waals surface area contributed by atoms with Crippen LogP contribution in [-0.2, 0) is 5.60 Å². The van der Waals surface area contributed by atoms with E-state index in [1.54, 1.807) is 0 Å². The van der Waals surface area contributed by atoms with Gasteiger partial charge in [-0.15, -0.1) is 0 Å². The normalized spacial score (nSPS) is 13.8. The molecule has 0 aromatic heterocycles. The molecular weight excluding hydrogens is 238 g/mol. The first-order chi connectivity index (χ1) is 9.24. The smallest absolute Gasteiger partial charge is 0.119 e. The number of nitrogens with two attached hydrogens (primary N) is 1. The molecule has 0 heterocycles. The maximum absolute atomic E-state index is 10.6. The van der Waals surface area contributed by atoms with Crippen molar-refractivity contribution in [2.75, 3.05) is 13.2 Å². The van der Waals surface area contributed by atoms with Gasteiger partial charge < -0.3 is 15.6 Å². The van der Waals surface area contributed by atoms with E-state index < -0.39 is 5.60 Å². The molecule has 0 aliphatic rings. The van der Waals surface area contributed by atoms with Crippen LogP contribution in [0.2, 0.25) is 0 Å². The van der Waals surface area contributed by atoms with Crippen LogP contribution in [0.4, 0.5) is 0 Å². The van der Waals surface area contributed by atoms with Gasteiger partial charge in [0.25, 0.3) is 0 Å². The minimum atomic E-state index is -1.03. The SMILES string of the molecule is NCC(O)(CCOc1ccccc1)c1ccccc1. The lowest BCUT2D eigenvalue weighted by atomic mass is 9.91. The monoisotopic (exact) mass is 257 g/mol. The van der Waals surface area contributed by atoms with Crippen LogP contribution in [-0.4, -0.2) is 18.3 Å². The molecule has 0 aliphatic heterocycles. The van der Waals surface area contributed by atoms with Gasteiger partial charge in [0, 0.05) is 13.0 Å². The fraction of sp³-hybridized carbons (Fsp3) is 0.250. The van der Waals surface area contributed by atoms with Gasteiger partial charge in [0.05, 0.1) is 6.61 Å². The average molecular weight is 257 g/mol. The summed E-state index contributed by atoms with van der Waals surface area (Å²) in [6.45, 7) is 0.599. The van der Waals surface area contributed by atoms with Gasteiger partial charge in [0.15, 0.2) is 0 Å². The quantitative estimate of drug-likeness (QED) is 0.835. The van der Waals surface area contributed by atoms with E-state index in [1.165, 1.54) is 0 Å². The average Bonchev–Trinajstić information content (AvgIpc) is 2.49. The number of hydrogen-bond donors (Lipinski definition) is 2. The molecule has 1 unspecified atom stereocenters. The molecule has 3 nitrogen and oxygen atoms in total. The van der Waals surface area contributed by atoms with Crippen molar-refractivity contribution < 1.29 is 9.84 Å². The standard InChI is InChI=1S/C16H19NO2/c17-13-16(18,14-7-3-1-4-8-14)11-12-19-15-9-5-2-6-10-15/h1-10,18H,11-13,17H2. The van der Waals surface area contributed by atoms with Gasteiger partial charge in [0.2, 0.25) is 0 Å². The van der Waals surface area contributed by atoms with Crippen molar-refractivity contribution in [1.82, 2.24) is 0 Å². The Balaban J connectivity index is 1.96. The highest BCUT2D eigenvalue weighted by atomic mass is 16.5. The van der Waals surface area contributed by atoms with Crippen molar-refractivity contribution in [3.63, 3.8) is 0 Å². The van der Waals surface area contributed by atoms with E-state index in [-0.39, 0.29) is 6.54 Å². The second-order valence-electron chi connectivity index (χ2n) is 4.51. The Morgan fingerprint density at radius 2 is 1.53 bits per heavy atom. The molecule has 0 aliphatic carbocycles. The van der Waals surface area contributed by atoms with Crippen LogP contribution < -0.4 is 10.5 Å². The van der Waals surface area contributed by atoms with Gasteiger partial charge in [-0.25, -0.2) is 0 Å². The largest absolute Gasteiger partial charge is 0.493 e. The molecule has 3 N–H and O–H groups in total. The third-order valence-corrected chi connectivity index (χ3v) is 3.18. The third kappa shape index (κ3) is 3.56. The van der Waals surface area contributed by atoms with Crippen LogP contribution in [0.3, 0.4) is 0 Å². The predicted molar refractivity (Wildman–Crippen MR) is 75.9 cm³/mol. The van der Waals surface area contributed by atoms with Crippen LogP contribution in [0.15, 0.2) is 60.7 Å². The first-order valence-electron chi connectivity index (χ1n) is 6.40. The maximum atomic E-state index is 10.6. The summed E-state index contributed by atoms with van der Waals surface area (Å²) in [5, 5.41) is 10.6. The third-order valence-electron chi connectivity index (χ3n) is 3.18. The summed E-state index contributed by atoms with van der Waals surface area (Å²) >= 11 is 0. The van der Waals surface area contributed by atoms with Gasteiger partial charge in [-0.3, -0.25) is 0 Å². The van der Waals surface area contributed by atoms with E-state index in [4.69, 9.17) is 10.5 Å². The molecule has 2 rings (SSSR count). The molecule has 0 bridgehead atoms. The molecule has 1 atom stereocenters. The van der Waals surface area contributed by atoms with Gasteiger partial charge in [-0.2, -0.15) is 0 Å². The molecule has 3 heteroatoms. The highest BCUT2D eigenvalue weighted by Gasteiger charge is 2.27. The number of benzene rings is 2. The second-order valence-corrected chi connectivity index (χ2v) is 4.51. The summed E-state index contributed by atoms with van der Waals surface area (Å²) in [5.74, 6) is 0.801. The molecule has 2 aromatic rings. The van der Waals surface area contributed by atoms with Crippen LogP contribution in [0.25, 0.3) is 0 Å². The first kappa shape index (κ1) is 13.6. The van der Waals surface area contributed by atoms with Crippen molar-refractivity contribution >= 4 is 0 Å². The number of rotatable bonds is 6. The zero-order valence-corrected chi connectivity index (χ0v) is 10.8. The summed E-state index contributed by atoms with van der Waals surface area (Å²) in [6.07, 6.45) is 0.461. The van der Waals surface area contributed by atoms with Crippen molar-refractivity contribution in [3.8, 4) is 5.75 Å². The Labute approximate surface area is 113 Å². The van der Waals surface area contributed by atoms with E-state index >= 15 is 0 Å². The van der Waals surface area contributed by atoms with Gasteiger partial charge in [-0.05, 0) is 17.7 Å². The topological polar surface area (TPSA) is 55.5 Å². The van der Waals surface area contributed by atoms with Crippen LogP contribution in [0, 0.1) is 0 Å². The molecule has 0 fully saturated rings. The number of para-hydroxylation sites is 1. The lowest BCUT2D eigenvalue weighted by Gasteiger charge is -2.27. The molecule has 0 saturated carbocycles. The van der Waals surface area contributed by atoms with Crippen molar-refractivity contribution in [2.24, 2.45) is 5.73 Å². The van der Waals surface area contributed by atoms with Crippen molar-refractivity contribution in [1.29, 1.82) is 0 Å². The second kappa shape index (κ2) is 6.36. The van der Waals surface area contributed by atoms with Gasteiger partial charge in [0.1, 0.15) is 11.4 Å². The molecule has 0 saturated heterocycles. The molecule has 2 aromatic carbocycles. The molecule has 0 spiro atoms. The first-order valence-corrected chi connectivity index (χ1v) is 6.40. The Morgan fingerprint density at radius 3 is 2.11 bits per heavy atom. The molecule has 0 amide bonds. The van der Waals surface area contributed by atoms with Crippen LogP contribution >= 0.6 is 0 Å². The molecule has 19 heavy (non-hydrogen) atoms. The zero-order valence-electron chi connectivity index (χ0n) is 10.8. The highest BCUT2D eigenvalue weighted by molar-refractivity contribution is 5.23. The summed E-state index contributed by atoms with van der Waals surface area (Å²) < 4.78 is 5.61. The fourth-order valence-corrected chi connectivity index (χ4v) is 1.97. The Kier molecular flexibility index (Phi) is 4.55. The van der Waals surface area contributed by atoms with E-state index in [2.05, 4.69) is 0 Å². The number of ether oxygens (including phenoxy) is 1. The Bertz CT molecular complexity index is 487. The summed E-state index contributed by atoms with van der Waals surface area (Å²) in [4.78, 5) is 0. The fourth-order valence-electron chi connectivity index (χ4n) is 1.97. The summed E-state index contributed by atoms with van der Waals surface area (Å²) in [5.41, 5.74) is 5.51. The van der Waals surface area contributed by atoms with Crippen molar-refractivity contribution in [2.45, 2.75) is 12.0 Å². The van der Waals surface area contributed by atoms with E-state index in [0.29, 0.717) is 13.0 Å². The predicted octanol–water partition coefficient (Wildman–Crippen LogP) is 2.30. The summed E-state index contributed by atoms with van der Waals surface area (Å²) in [6, 6.07) is 19.0. The van der Waals surface area contributed by atoms with Gasteiger partial charge in [-0.1, -0.05) is 48.5 Å². The van der Waals surface area contributed by atoms with Crippen LogP contribution in [0.1, 0.15) is 12.0 Å². The Hall–Kier alpha value is -1.84. The molecule has 0 radical (unpaired) electrons. The zero-order chi connectivity index (χ0) is 13.6. The highest BCUT2D eigenvalue weighted by Crippen LogP contribution is 2.24. The van der Waals surface area contributed by atoms with E-state index in [0.717, 1.165) is 11.3 Å². The lowest BCUT2D eigenvalue weighted by Crippen LogP contribution is -2.36. The minimum absolute atomic E-state index is 0.176. The van der Waals surface area contributed by atoms with Crippen molar-refractivity contribution in [3.05, 3.63) is 66.2 Å². The van der Waals surface area contributed by atoms with Gasteiger partial charge >= 0.3 is 0 Å². The number of aliphatic hydroxyl groups is 1.